The highest BCUT2D eigenvalue weighted by Gasteiger charge is 2.46. The van der Waals surface area contributed by atoms with E-state index in [1.807, 2.05) is 17.0 Å². The third-order valence-electron chi connectivity index (χ3n) is 6.04. The summed E-state index contributed by atoms with van der Waals surface area (Å²) in [5, 5.41) is 9.31. The zero-order valence-corrected chi connectivity index (χ0v) is 15.4. The van der Waals surface area contributed by atoms with Crippen LogP contribution in [-0.4, -0.2) is 67.3 Å². The molecule has 5 heteroatoms. The lowest BCUT2D eigenvalue weighted by molar-refractivity contribution is -0.140. The molecule has 1 atom stereocenters. The maximum atomic E-state index is 13.5. The van der Waals surface area contributed by atoms with Gasteiger partial charge >= 0.3 is 0 Å². The molecule has 1 aliphatic carbocycles. The number of carbonyl (C=O) groups excluding carboxylic acids is 1. The molecule has 25 heavy (non-hydrogen) atoms. The first-order chi connectivity index (χ1) is 12.1. The molecule has 1 heterocycles. The Balaban J connectivity index is 1.83. The number of ether oxygens (including phenoxy) is 1. The number of methoxy groups -OCH3 is 1. The van der Waals surface area contributed by atoms with Crippen LogP contribution in [0.2, 0.25) is 0 Å². The SMILES string of the molecule is COc1ccc(C2(C(=O)N3CCN(C)[C@H](CCO)C3)CCCC2)cc1. The first-order valence-electron chi connectivity index (χ1n) is 9.36. The number of rotatable bonds is 5. The Morgan fingerprint density at radius 3 is 2.52 bits per heavy atom. The number of hydrogen-bond acceptors (Lipinski definition) is 4. The van der Waals surface area contributed by atoms with Gasteiger partial charge < -0.3 is 14.7 Å². The Morgan fingerprint density at radius 2 is 1.92 bits per heavy atom. The van der Waals surface area contributed by atoms with Crippen LogP contribution in [0.15, 0.2) is 24.3 Å². The summed E-state index contributed by atoms with van der Waals surface area (Å²) in [5.74, 6) is 1.10. The van der Waals surface area contributed by atoms with E-state index in [2.05, 4.69) is 24.1 Å². The summed E-state index contributed by atoms with van der Waals surface area (Å²) in [7, 11) is 3.74. The van der Waals surface area contributed by atoms with Crippen molar-refractivity contribution < 1.29 is 14.6 Å². The molecule has 1 aliphatic heterocycles. The van der Waals surface area contributed by atoms with E-state index in [4.69, 9.17) is 4.74 Å². The summed E-state index contributed by atoms with van der Waals surface area (Å²) in [6.45, 7) is 2.53. The molecule has 1 saturated heterocycles. The Bertz CT molecular complexity index is 581. The monoisotopic (exact) mass is 346 g/mol. The van der Waals surface area contributed by atoms with Crippen molar-refractivity contribution in [3.05, 3.63) is 29.8 Å². The summed E-state index contributed by atoms with van der Waals surface area (Å²) >= 11 is 0. The fourth-order valence-corrected chi connectivity index (χ4v) is 4.41. The van der Waals surface area contributed by atoms with Crippen LogP contribution >= 0.6 is 0 Å². The Kier molecular flexibility index (Phi) is 5.64. The van der Waals surface area contributed by atoms with Crippen LogP contribution in [0.25, 0.3) is 0 Å². The van der Waals surface area contributed by atoms with Gasteiger partial charge in [-0.3, -0.25) is 9.69 Å². The highest BCUT2D eigenvalue weighted by molar-refractivity contribution is 5.89. The minimum absolute atomic E-state index is 0.167. The van der Waals surface area contributed by atoms with Gasteiger partial charge in [0.05, 0.1) is 12.5 Å². The van der Waals surface area contributed by atoms with Crippen LogP contribution in [0.3, 0.4) is 0 Å². The number of hydrogen-bond donors (Lipinski definition) is 1. The standard InChI is InChI=1S/C20H30N2O3/c1-21-12-13-22(15-17(21)9-14-23)19(24)20(10-3-4-11-20)16-5-7-18(25-2)8-6-16/h5-8,17,23H,3-4,9-15H2,1-2H3/t17-/m1/s1. The highest BCUT2D eigenvalue weighted by atomic mass is 16.5. The van der Waals surface area contributed by atoms with E-state index in [0.29, 0.717) is 6.54 Å². The maximum Gasteiger partial charge on any atom is 0.233 e. The van der Waals surface area contributed by atoms with E-state index in [0.717, 1.165) is 56.5 Å². The predicted octanol–water partition coefficient (Wildman–Crippen LogP) is 2.03. The predicted molar refractivity (Wildman–Crippen MR) is 97.8 cm³/mol. The molecule has 1 N–H and O–H groups in total. The van der Waals surface area contributed by atoms with Crippen LogP contribution in [0.5, 0.6) is 5.75 Å². The van der Waals surface area contributed by atoms with Crippen molar-refractivity contribution in [2.24, 2.45) is 0 Å². The van der Waals surface area contributed by atoms with E-state index in [9.17, 15) is 9.90 Å². The number of benzene rings is 1. The van der Waals surface area contributed by atoms with Gasteiger partial charge in [-0.2, -0.15) is 0 Å². The van der Waals surface area contributed by atoms with E-state index in [-0.39, 0.29) is 24.0 Å². The van der Waals surface area contributed by atoms with Crippen LogP contribution in [0.4, 0.5) is 0 Å². The van der Waals surface area contributed by atoms with E-state index in [1.54, 1.807) is 7.11 Å². The van der Waals surface area contributed by atoms with Crippen LogP contribution in [-0.2, 0) is 10.2 Å². The Hall–Kier alpha value is -1.59. The van der Waals surface area contributed by atoms with Gasteiger partial charge in [0.25, 0.3) is 0 Å². The van der Waals surface area contributed by atoms with Crippen LogP contribution < -0.4 is 4.74 Å². The molecule has 1 saturated carbocycles. The molecule has 0 bridgehead atoms. The number of likely N-dealkylation sites (N-methyl/N-ethyl adjacent to an activating group) is 1. The van der Waals surface area contributed by atoms with Gasteiger partial charge in [-0.15, -0.1) is 0 Å². The first-order valence-corrected chi connectivity index (χ1v) is 9.36. The maximum absolute atomic E-state index is 13.5. The zero-order valence-electron chi connectivity index (χ0n) is 15.4. The van der Waals surface area contributed by atoms with Crippen LogP contribution in [0.1, 0.15) is 37.7 Å². The van der Waals surface area contributed by atoms with Crippen molar-refractivity contribution in [1.29, 1.82) is 0 Å². The lowest BCUT2D eigenvalue weighted by Crippen LogP contribution is -2.57. The second-order valence-corrected chi connectivity index (χ2v) is 7.42. The molecule has 5 nitrogen and oxygen atoms in total. The number of amides is 1. The molecule has 2 fully saturated rings. The van der Waals surface area contributed by atoms with Crippen molar-refractivity contribution in [1.82, 2.24) is 9.80 Å². The molecule has 0 spiro atoms. The summed E-state index contributed by atoms with van der Waals surface area (Å²) in [5.41, 5.74) is 0.736. The molecule has 0 aromatic heterocycles. The minimum Gasteiger partial charge on any atom is -0.497 e. The fraction of sp³-hybridized carbons (Fsp3) is 0.650. The molecule has 1 amide bonds. The molecule has 0 unspecified atom stereocenters. The zero-order chi connectivity index (χ0) is 17.9. The van der Waals surface area contributed by atoms with Crippen molar-refractivity contribution in [2.45, 2.75) is 43.6 Å². The summed E-state index contributed by atoms with van der Waals surface area (Å²) in [4.78, 5) is 17.8. The lowest BCUT2D eigenvalue weighted by Gasteiger charge is -2.43. The molecule has 3 rings (SSSR count). The average molecular weight is 346 g/mol. The van der Waals surface area contributed by atoms with Crippen molar-refractivity contribution >= 4 is 5.91 Å². The van der Waals surface area contributed by atoms with E-state index >= 15 is 0 Å². The quantitative estimate of drug-likeness (QED) is 0.886. The third-order valence-corrected chi connectivity index (χ3v) is 6.04. The van der Waals surface area contributed by atoms with Gasteiger partial charge in [0.1, 0.15) is 5.75 Å². The van der Waals surface area contributed by atoms with Crippen molar-refractivity contribution in [3.8, 4) is 5.75 Å². The molecule has 2 aliphatic rings. The number of carbonyl (C=O) groups is 1. The van der Waals surface area contributed by atoms with Crippen molar-refractivity contribution in [3.63, 3.8) is 0 Å². The normalized spacial score (nSPS) is 23.6. The van der Waals surface area contributed by atoms with Gasteiger partial charge in [-0.05, 0) is 44.0 Å². The molecular formula is C20H30N2O3. The summed E-state index contributed by atoms with van der Waals surface area (Å²) in [6, 6.07) is 8.28. The number of aliphatic hydroxyl groups is 1. The topological polar surface area (TPSA) is 53.0 Å². The van der Waals surface area contributed by atoms with Crippen molar-refractivity contribution in [2.75, 3.05) is 40.4 Å². The number of piperazine rings is 1. The van der Waals surface area contributed by atoms with E-state index in [1.165, 1.54) is 0 Å². The number of aliphatic hydroxyl groups excluding tert-OH is 1. The molecule has 1 aromatic rings. The number of nitrogens with zero attached hydrogens (tertiary/aromatic N) is 2. The van der Waals surface area contributed by atoms with Gasteiger partial charge in [0, 0.05) is 32.3 Å². The van der Waals surface area contributed by atoms with Crippen LogP contribution in [0, 0.1) is 0 Å². The van der Waals surface area contributed by atoms with Gasteiger partial charge in [0.15, 0.2) is 0 Å². The van der Waals surface area contributed by atoms with Gasteiger partial charge in [-0.1, -0.05) is 25.0 Å². The average Bonchev–Trinajstić information content (AvgIpc) is 3.14. The second-order valence-electron chi connectivity index (χ2n) is 7.42. The Morgan fingerprint density at radius 1 is 1.24 bits per heavy atom. The minimum atomic E-state index is -0.383. The molecule has 1 aromatic carbocycles. The lowest BCUT2D eigenvalue weighted by atomic mass is 9.77. The highest BCUT2D eigenvalue weighted by Crippen LogP contribution is 2.43. The molecule has 0 radical (unpaired) electrons. The van der Waals surface area contributed by atoms with Gasteiger partial charge in [0.2, 0.25) is 5.91 Å². The van der Waals surface area contributed by atoms with E-state index < -0.39 is 0 Å². The fourth-order valence-electron chi connectivity index (χ4n) is 4.41. The molecular weight excluding hydrogens is 316 g/mol. The smallest absolute Gasteiger partial charge is 0.233 e. The third kappa shape index (κ3) is 3.53. The largest absolute Gasteiger partial charge is 0.497 e. The second kappa shape index (κ2) is 7.75. The van der Waals surface area contributed by atoms with Gasteiger partial charge in [-0.25, -0.2) is 0 Å². The Labute approximate surface area is 150 Å². The molecule has 138 valence electrons. The first kappa shape index (κ1) is 18.2. The summed E-state index contributed by atoms with van der Waals surface area (Å²) in [6.07, 6.45) is 4.78. The summed E-state index contributed by atoms with van der Waals surface area (Å²) < 4.78 is 5.27.